The lowest BCUT2D eigenvalue weighted by molar-refractivity contribution is 0.0462. The minimum Gasteiger partial charge on any atom is -0.492 e. The maximum absolute atomic E-state index is 13.2. The van der Waals surface area contributed by atoms with Crippen molar-refractivity contribution in [3.8, 4) is 5.75 Å². The van der Waals surface area contributed by atoms with E-state index in [1.54, 1.807) is 6.07 Å². The third kappa shape index (κ3) is 3.59. The van der Waals surface area contributed by atoms with Crippen molar-refractivity contribution in [2.24, 2.45) is 0 Å². The van der Waals surface area contributed by atoms with Gasteiger partial charge in [0.2, 0.25) is 0 Å². The molecule has 2 saturated heterocycles. The first kappa shape index (κ1) is 19.8. The fraction of sp³-hybridized carbons (Fsp3) is 0.682. The number of ether oxygens (including phenoxy) is 1. The molecule has 0 aromatic heterocycles. The number of nitrogen functional groups attached to an aromatic ring is 1. The van der Waals surface area contributed by atoms with Crippen molar-refractivity contribution in [3.05, 3.63) is 22.2 Å². The van der Waals surface area contributed by atoms with Crippen molar-refractivity contribution in [1.82, 2.24) is 10.2 Å². The molecule has 1 aromatic rings. The number of nitrogens with two attached hydrogens (primary N) is 1. The van der Waals surface area contributed by atoms with E-state index in [2.05, 4.69) is 24.2 Å². The van der Waals surface area contributed by atoms with Gasteiger partial charge in [-0.2, -0.15) is 0 Å². The van der Waals surface area contributed by atoms with Crippen LogP contribution in [-0.4, -0.2) is 42.6 Å². The highest BCUT2D eigenvalue weighted by Gasteiger charge is 2.37. The highest BCUT2D eigenvalue weighted by atomic mass is 35.5. The Kier molecular flexibility index (Phi) is 5.75. The first-order chi connectivity index (χ1) is 13.5. The van der Waals surface area contributed by atoms with Crippen molar-refractivity contribution < 1.29 is 9.53 Å². The van der Waals surface area contributed by atoms with E-state index in [9.17, 15) is 4.79 Å². The topological polar surface area (TPSA) is 67.6 Å². The largest absolute Gasteiger partial charge is 0.492 e. The number of anilines is 1. The van der Waals surface area contributed by atoms with E-state index in [1.165, 1.54) is 19.3 Å². The predicted octanol–water partition coefficient (Wildman–Crippen LogP) is 4.33. The number of carbonyl (C=O) groups excluding carboxylic acids is 1. The Morgan fingerprint density at radius 1 is 1.32 bits per heavy atom. The number of fused-ring (bicyclic) bond motifs is 3. The summed E-state index contributed by atoms with van der Waals surface area (Å²) in [5, 5.41) is 3.74. The Morgan fingerprint density at radius 2 is 2.04 bits per heavy atom. The van der Waals surface area contributed by atoms with Crippen LogP contribution in [0.1, 0.15) is 80.1 Å². The Bertz CT molecular complexity index is 740. The summed E-state index contributed by atoms with van der Waals surface area (Å²) in [4.78, 5) is 15.7. The van der Waals surface area contributed by atoms with Gasteiger partial charge in [-0.05, 0) is 57.6 Å². The van der Waals surface area contributed by atoms with E-state index >= 15 is 0 Å². The van der Waals surface area contributed by atoms with E-state index in [0.29, 0.717) is 46.6 Å². The Morgan fingerprint density at radius 3 is 2.71 bits per heavy atom. The SMILES string of the molecule is CCCC1CCOc2c(C(=O)NC3CC4CCCC(C3)N4C)cc(Cl)c(N)c21. The molecule has 1 aromatic carbocycles. The highest BCUT2D eigenvalue weighted by Crippen LogP contribution is 2.45. The van der Waals surface area contributed by atoms with Crippen LogP contribution in [-0.2, 0) is 0 Å². The van der Waals surface area contributed by atoms with Crippen LogP contribution in [0.2, 0.25) is 5.02 Å². The van der Waals surface area contributed by atoms with Gasteiger partial charge in [0, 0.05) is 23.7 Å². The highest BCUT2D eigenvalue weighted by molar-refractivity contribution is 6.33. The average Bonchev–Trinajstić information content (AvgIpc) is 2.65. The number of nitrogens with zero attached hydrogens (tertiary/aromatic N) is 1. The van der Waals surface area contributed by atoms with Gasteiger partial charge in [-0.15, -0.1) is 0 Å². The minimum atomic E-state index is -0.0806. The van der Waals surface area contributed by atoms with Gasteiger partial charge in [-0.1, -0.05) is 31.4 Å². The molecule has 0 aliphatic carbocycles. The molecule has 2 fully saturated rings. The summed E-state index contributed by atoms with van der Waals surface area (Å²) >= 11 is 6.43. The second-order valence-corrected chi connectivity index (χ2v) is 9.14. The lowest BCUT2D eigenvalue weighted by atomic mass is 9.82. The van der Waals surface area contributed by atoms with Crippen molar-refractivity contribution in [2.75, 3.05) is 19.4 Å². The molecule has 3 heterocycles. The van der Waals surface area contributed by atoms with Crippen molar-refractivity contribution in [1.29, 1.82) is 0 Å². The summed E-state index contributed by atoms with van der Waals surface area (Å²) in [6, 6.07) is 3.05. The van der Waals surface area contributed by atoms with Crippen LogP contribution < -0.4 is 15.8 Å². The van der Waals surface area contributed by atoms with E-state index in [0.717, 1.165) is 37.7 Å². The zero-order valence-electron chi connectivity index (χ0n) is 17.0. The summed E-state index contributed by atoms with van der Waals surface area (Å²) in [5.74, 6) is 0.877. The molecule has 3 N–H and O–H groups in total. The summed E-state index contributed by atoms with van der Waals surface area (Å²) in [7, 11) is 2.23. The molecule has 4 rings (SSSR count). The lowest BCUT2D eigenvalue weighted by Gasteiger charge is -2.47. The number of rotatable bonds is 4. The average molecular weight is 406 g/mol. The van der Waals surface area contributed by atoms with E-state index in [1.807, 2.05) is 0 Å². The molecular weight excluding hydrogens is 374 g/mol. The van der Waals surface area contributed by atoms with Crippen molar-refractivity contribution >= 4 is 23.2 Å². The summed E-state index contributed by atoms with van der Waals surface area (Å²) in [5.41, 5.74) is 8.35. The van der Waals surface area contributed by atoms with Crippen molar-refractivity contribution in [3.63, 3.8) is 0 Å². The van der Waals surface area contributed by atoms with Gasteiger partial charge in [0.25, 0.3) is 5.91 Å². The molecule has 1 amide bonds. The van der Waals surface area contributed by atoms with Crippen LogP contribution in [0.15, 0.2) is 6.07 Å². The molecule has 6 heteroatoms. The molecule has 0 radical (unpaired) electrons. The van der Waals surface area contributed by atoms with Crippen LogP contribution in [0.3, 0.4) is 0 Å². The number of piperidine rings is 2. The van der Waals surface area contributed by atoms with Gasteiger partial charge in [0.1, 0.15) is 5.75 Å². The molecule has 28 heavy (non-hydrogen) atoms. The van der Waals surface area contributed by atoms with E-state index in [-0.39, 0.29) is 11.9 Å². The lowest BCUT2D eigenvalue weighted by Crippen LogP contribution is -2.55. The predicted molar refractivity (Wildman–Crippen MR) is 113 cm³/mol. The molecule has 3 aliphatic heterocycles. The molecule has 3 aliphatic rings. The molecule has 3 atom stereocenters. The minimum absolute atomic E-state index is 0.0806. The zero-order valence-corrected chi connectivity index (χ0v) is 17.7. The smallest absolute Gasteiger partial charge is 0.255 e. The molecule has 0 spiro atoms. The van der Waals surface area contributed by atoms with Crippen molar-refractivity contribution in [2.45, 2.75) is 82.3 Å². The van der Waals surface area contributed by atoms with Crippen LogP contribution >= 0.6 is 11.6 Å². The first-order valence-corrected chi connectivity index (χ1v) is 11.1. The second kappa shape index (κ2) is 8.11. The maximum atomic E-state index is 13.2. The molecule has 0 saturated carbocycles. The molecule has 5 nitrogen and oxygen atoms in total. The van der Waals surface area contributed by atoms with Gasteiger partial charge in [-0.3, -0.25) is 4.79 Å². The number of nitrogens with one attached hydrogen (secondary N) is 1. The number of carbonyl (C=O) groups is 1. The van der Waals surface area contributed by atoms with E-state index < -0.39 is 0 Å². The molecule has 154 valence electrons. The Balaban J connectivity index is 1.58. The summed E-state index contributed by atoms with van der Waals surface area (Å²) < 4.78 is 5.96. The number of hydrogen-bond acceptors (Lipinski definition) is 4. The fourth-order valence-corrected chi connectivity index (χ4v) is 5.69. The number of halogens is 1. The fourth-order valence-electron chi connectivity index (χ4n) is 5.48. The second-order valence-electron chi connectivity index (χ2n) is 8.73. The van der Waals surface area contributed by atoms with Crippen LogP contribution in [0.25, 0.3) is 0 Å². The number of amides is 1. The Labute approximate surface area is 172 Å². The third-order valence-electron chi connectivity index (χ3n) is 6.99. The van der Waals surface area contributed by atoms with E-state index in [4.69, 9.17) is 22.1 Å². The van der Waals surface area contributed by atoms with Gasteiger partial charge in [-0.25, -0.2) is 0 Å². The van der Waals surface area contributed by atoms with Crippen LogP contribution in [0.4, 0.5) is 5.69 Å². The molecular formula is C22H32ClN3O2. The monoisotopic (exact) mass is 405 g/mol. The molecule has 3 unspecified atom stereocenters. The van der Waals surface area contributed by atoms with Gasteiger partial charge >= 0.3 is 0 Å². The quantitative estimate of drug-likeness (QED) is 0.731. The Hall–Kier alpha value is -1.46. The van der Waals surface area contributed by atoms with Crippen LogP contribution in [0, 0.1) is 0 Å². The summed E-state index contributed by atoms with van der Waals surface area (Å²) in [6.45, 7) is 2.79. The normalized spacial score (nSPS) is 29.7. The van der Waals surface area contributed by atoms with Gasteiger partial charge in [0.05, 0.1) is 22.9 Å². The van der Waals surface area contributed by atoms with Crippen LogP contribution in [0.5, 0.6) is 5.75 Å². The standard InChI is InChI=1S/C22H32ClN3O2/c1-3-5-13-8-9-28-21-17(12-18(23)20(24)19(13)21)22(27)25-14-10-15-6-4-7-16(11-14)26(15)2/h12-16H,3-11,24H2,1-2H3,(H,25,27). The first-order valence-electron chi connectivity index (χ1n) is 10.8. The third-order valence-corrected chi connectivity index (χ3v) is 7.30. The number of hydrogen-bond donors (Lipinski definition) is 2. The molecule has 2 bridgehead atoms. The van der Waals surface area contributed by atoms with Gasteiger partial charge in [0.15, 0.2) is 0 Å². The summed E-state index contributed by atoms with van der Waals surface area (Å²) in [6.07, 6.45) is 8.80. The zero-order chi connectivity index (χ0) is 19.8. The maximum Gasteiger partial charge on any atom is 0.255 e. The number of benzene rings is 1. The van der Waals surface area contributed by atoms with Gasteiger partial charge < -0.3 is 20.7 Å².